The van der Waals surface area contributed by atoms with Crippen molar-refractivity contribution in [2.75, 3.05) is 11.9 Å². The van der Waals surface area contributed by atoms with Crippen molar-refractivity contribution in [3.05, 3.63) is 59.7 Å². The second-order valence-electron chi connectivity index (χ2n) is 8.09. The van der Waals surface area contributed by atoms with Gasteiger partial charge in [-0.3, -0.25) is 9.59 Å². The van der Waals surface area contributed by atoms with Gasteiger partial charge in [0.15, 0.2) is 0 Å². The first kappa shape index (κ1) is 23.9. The first-order valence-electron chi connectivity index (χ1n) is 11.0. The summed E-state index contributed by atoms with van der Waals surface area (Å²) in [4.78, 5) is 24.4. The smallest absolute Gasteiger partial charge is 0.243 e. The maximum absolute atomic E-state index is 13.6. The highest BCUT2D eigenvalue weighted by Crippen LogP contribution is 2.36. The summed E-state index contributed by atoms with van der Waals surface area (Å²) in [6, 6.07) is 13.3. The molecule has 0 aliphatic carbocycles. The molecule has 1 aliphatic heterocycles. The Labute approximate surface area is 190 Å². The van der Waals surface area contributed by atoms with E-state index in [0.717, 1.165) is 17.5 Å². The van der Waals surface area contributed by atoms with Gasteiger partial charge in [0.1, 0.15) is 0 Å². The first-order chi connectivity index (χ1) is 15.3. The molecule has 172 valence electrons. The van der Waals surface area contributed by atoms with Crippen molar-refractivity contribution < 1.29 is 18.0 Å². The molecule has 2 atom stereocenters. The van der Waals surface area contributed by atoms with E-state index in [1.165, 1.54) is 16.4 Å². The van der Waals surface area contributed by atoms with Gasteiger partial charge in [-0.15, -0.1) is 0 Å². The van der Waals surface area contributed by atoms with Gasteiger partial charge in [0.25, 0.3) is 0 Å². The van der Waals surface area contributed by atoms with Crippen molar-refractivity contribution in [2.24, 2.45) is 0 Å². The van der Waals surface area contributed by atoms with Crippen LogP contribution < -0.4 is 10.6 Å². The number of nitrogens with one attached hydrogen (secondary N) is 2. The van der Waals surface area contributed by atoms with Crippen molar-refractivity contribution in [3.63, 3.8) is 0 Å². The van der Waals surface area contributed by atoms with Gasteiger partial charge in [-0.1, -0.05) is 38.1 Å². The Bertz CT molecular complexity index is 1070. The van der Waals surface area contributed by atoms with Crippen LogP contribution in [0, 0.1) is 0 Å². The highest BCUT2D eigenvalue weighted by atomic mass is 32.2. The van der Waals surface area contributed by atoms with Crippen molar-refractivity contribution in [2.45, 2.75) is 63.4 Å². The van der Waals surface area contributed by atoms with E-state index in [9.17, 15) is 18.0 Å². The van der Waals surface area contributed by atoms with Gasteiger partial charge in [0.2, 0.25) is 21.8 Å². The zero-order valence-electron chi connectivity index (χ0n) is 18.8. The van der Waals surface area contributed by atoms with Gasteiger partial charge in [0, 0.05) is 31.1 Å². The molecule has 0 fully saturated rings. The molecular formula is C24H31N3O4S. The Morgan fingerprint density at radius 3 is 2.41 bits per heavy atom. The maximum Gasteiger partial charge on any atom is 0.243 e. The Morgan fingerprint density at radius 1 is 1.06 bits per heavy atom. The minimum Gasteiger partial charge on any atom is -0.354 e. The van der Waals surface area contributed by atoms with Crippen LogP contribution in [0.3, 0.4) is 0 Å². The number of nitrogens with zero attached hydrogens (tertiary/aromatic N) is 1. The molecule has 2 amide bonds. The fourth-order valence-electron chi connectivity index (χ4n) is 3.83. The van der Waals surface area contributed by atoms with Gasteiger partial charge in [0.05, 0.1) is 10.9 Å². The third-order valence-corrected chi connectivity index (χ3v) is 7.75. The molecule has 2 unspecified atom stereocenters. The number of anilines is 1. The zero-order valence-corrected chi connectivity index (χ0v) is 19.6. The number of hydrogen-bond acceptors (Lipinski definition) is 4. The fourth-order valence-corrected chi connectivity index (χ4v) is 5.44. The molecule has 1 aliphatic rings. The third-order valence-electron chi connectivity index (χ3n) is 5.83. The van der Waals surface area contributed by atoms with E-state index in [2.05, 4.69) is 10.6 Å². The Hall–Kier alpha value is -2.71. The summed E-state index contributed by atoms with van der Waals surface area (Å²) >= 11 is 0. The lowest BCUT2D eigenvalue weighted by atomic mass is 9.92. The molecule has 0 saturated heterocycles. The molecule has 2 aromatic carbocycles. The van der Waals surface area contributed by atoms with Crippen molar-refractivity contribution in [1.82, 2.24) is 9.62 Å². The number of amides is 2. The van der Waals surface area contributed by atoms with Crippen LogP contribution in [0.25, 0.3) is 0 Å². The van der Waals surface area contributed by atoms with Crippen molar-refractivity contribution in [3.8, 4) is 0 Å². The molecule has 0 spiro atoms. The molecule has 0 aromatic heterocycles. The Balaban J connectivity index is 1.91. The monoisotopic (exact) mass is 457 g/mol. The zero-order chi connectivity index (χ0) is 23.3. The van der Waals surface area contributed by atoms with Crippen LogP contribution in [0.5, 0.6) is 0 Å². The average Bonchev–Trinajstić information content (AvgIpc) is 2.79. The standard InChI is InChI=1S/C24H31N3O4S/c1-4-17(3)25-24(29)16-22-21-9-7-6-8-18(21)14-15-27(22)32(30,31)20-12-10-19(11-13-20)26-23(28)5-2/h6-13,17,22H,4-5,14-16H2,1-3H3,(H,25,29)(H,26,28). The number of rotatable bonds is 8. The van der Waals surface area contributed by atoms with Crippen LogP contribution in [0.2, 0.25) is 0 Å². The Morgan fingerprint density at radius 2 is 1.75 bits per heavy atom. The molecule has 2 N–H and O–H groups in total. The fraction of sp³-hybridized carbons (Fsp3) is 0.417. The predicted molar refractivity (Wildman–Crippen MR) is 125 cm³/mol. The van der Waals surface area contributed by atoms with Crippen LogP contribution >= 0.6 is 0 Å². The van der Waals surface area contributed by atoms with Crippen molar-refractivity contribution in [1.29, 1.82) is 0 Å². The van der Waals surface area contributed by atoms with Crippen LogP contribution in [0.1, 0.15) is 57.2 Å². The number of sulfonamides is 1. The van der Waals surface area contributed by atoms with E-state index >= 15 is 0 Å². The van der Waals surface area contributed by atoms with E-state index in [0.29, 0.717) is 25.1 Å². The van der Waals surface area contributed by atoms with E-state index in [-0.39, 0.29) is 29.2 Å². The van der Waals surface area contributed by atoms with Crippen LogP contribution in [-0.4, -0.2) is 37.1 Å². The Kier molecular flexibility index (Phi) is 7.69. The van der Waals surface area contributed by atoms with Crippen LogP contribution in [0.4, 0.5) is 5.69 Å². The number of fused-ring (bicyclic) bond motifs is 1. The van der Waals surface area contributed by atoms with Crippen LogP contribution in [0.15, 0.2) is 53.4 Å². The largest absolute Gasteiger partial charge is 0.354 e. The highest BCUT2D eigenvalue weighted by Gasteiger charge is 2.37. The van der Waals surface area contributed by atoms with E-state index in [1.54, 1.807) is 19.1 Å². The molecule has 2 aromatic rings. The third kappa shape index (κ3) is 5.37. The summed E-state index contributed by atoms with van der Waals surface area (Å²) in [5.74, 6) is -0.306. The first-order valence-corrected chi connectivity index (χ1v) is 12.5. The molecule has 0 saturated carbocycles. The minimum atomic E-state index is -3.84. The molecular weight excluding hydrogens is 426 g/mol. The number of hydrogen-bond donors (Lipinski definition) is 2. The summed E-state index contributed by atoms with van der Waals surface area (Å²) in [5, 5.41) is 5.67. The molecule has 7 nitrogen and oxygen atoms in total. The SMILES string of the molecule is CCC(=O)Nc1ccc(S(=O)(=O)N2CCc3ccccc3C2CC(=O)NC(C)CC)cc1. The molecule has 3 rings (SSSR count). The lowest BCUT2D eigenvalue weighted by Crippen LogP contribution is -2.43. The van der Waals surface area contributed by atoms with Gasteiger partial charge >= 0.3 is 0 Å². The summed E-state index contributed by atoms with van der Waals surface area (Å²) in [6.07, 6.45) is 1.79. The number of carbonyl (C=O) groups is 2. The predicted octanol–water partition coefficient (Wildman–Crippen LogP) is 3.63. The van der Waals surface area contributed by atoms with Gasteiger partial charge in [-0.2, -0.15) is 4.31 Å². The molecule has 32 heavy (non-hydrogen) atoms. The van der Waals surface area contributed by atoms with E-state index in [4.69, 9.17) is 0 Å². The second-order valence-corrected chi connectivity index (χ2v) is 9.98. The van der Waals surface area contributed by atoms with Gasteiger partial charge in [-0.05, 0) is 55.2 Å². The van der Waals surface area contributed by atoms with Gasteiger partial charge in [-0.25, -0.2) is 8.42 Å². The number of carbonyl (C=O) groups excluding carboxylic acids is 2. The topological polar surface area (TPSA) is 95.6 Å². The normalized spacial score (nSPS) is 17.3. The molecule has 0 radical (unpaired) electrons. The number of benzene rings is 2. The summed E-state index contributed by atoms with van der Waals surface area (Å²) in [6.45, 7) is 5.97. The quantitative estimate of drug-likeness (QED) is 0.633. The summed E-state index contributed by atoms with van der Waals surface area (Å²) in [7, 11) is -3.84. The minimum absolute atomic E-state index is 0.0252. The van der Waals surface area contributed by atoms with Crippen LogP contribution in [-0.2, 0) is 26.0 Å². The van der Waals surface area contributed by atoms with E-state index < -0.39 is 16.1 Å². The summed E-state index contributed by atoms with van der Waals surface area (Å²) in [5.41, 5.74) is 2.48. The lowest BCUT2D eigenvalue weighted by Gasteiger charge is -2.36. The molecule has 8 heteroatoms. The van der Waals surface area contributed by atoms with Gasteiger partial charge < -0.3 is 10.6 Å². The molecule has 1 heterocycles. The lowest BCUT2D eigenvalue weighted by molar-refractivity contribution is -0.122. The maximum atomic E-state index is 13.6. The van der Waals surface area contributed by atoms with Crippen molar-refractivity contribution >= 4 is 27.5 Å². The summed E-state index contributed by atoms with van der Waals surface area (Å²) < 4.78 is 28.6. The second kappa shape index (κ2) is 10.3. The van der Waals surface area contributed by atoms with E-state index in [1.807, 2.05) is 38.1 Å². The molecule has 0 bridgehead atoms. The highest BCUT2D eigenvalue weighted by molar-refractivity contribution is 7.89. The average molecular weight is 458 g/mol.